The molecule has 0 bridgehead atoms. The summed E-state index contributed by atoms with van der Waals surface area (Å²) in [5, 5.41) is 29.3. The molecule has 5 N–H and O–H groups in total. The van der Waals surface area contributed by atoms with Crippen LogP contribution in [0.1, 0.15) is 17.3 Å². The van der Waals surface area contributed by atoms with Gasteiger partial charge in [0.15, 0.2) is 0 Å². The van der Waals surface area contributed by atoms with E-state index in [1.165, 1.54) is 36.1 Å². The zero-order valence-electron chi connectivity index (χ0n) is 20.7. The smallest absolute Gasteiger partial charge is 0.417 e. The van der Waals surface area contributed by atoms with Gasteiger partial charge in [0.05, 0.1) is 40.1 Å². The van der Waals surface area contributed by atoms with Crippen molar-refractivity contribution in [3.05, 3.63) is 83.9 Å². The number of carbonyl (C=O) groups is 2. The molecule has 1 atom stereocenters. The number of rotatable bonds is 8. The molecule has 0 aliphatic heterocycles. The summed E-state index contributed by atoms with van der Waals surface area (Å²) in [6.07, 6.45) is -6.18. The van der Waals surface area contributed by atoms with Gasteiger partial charge in [-0.25, -0.2) is 19.0 Å². The van der Waals surface area contributed by atoms with Crippen molar-refractivity contribution in [1.29, 1.82) is 0 Å². The standard InChI is InChI=1S/C26H22F4N6O4/c1-36-10-9-18(35-36)15-11-21(17(27)12-16(15)26(28,29)30)32-20-8-7-19(22(34-25(39)40)13-31-24(37)38)33-23(20)14-5-3-2-4-6-14/h2-12,22,31-32,34H,13H2,1H3,(H,37,38)(H,39,40). The first-order valence-electron chi connectivity index (χ1n) is 11.6. The third-order valence-electron chi connectivity index (χ3n) is 5.75. The molecule has 14 heteroatoms. The molecule has 0 fully saturated rings. The van der Waals surface area contributed by atoms with Gasteiger partial charge in [-0.2, -0.15) is 18.3 Å². The number of benzene rings is 2. The summed E-state index contributed by atoms with van der Waals surface area (Å²) in [4.78, 5) is 26.8. The van der Waals surface area contributed by atoms with Gasteiger partial charge in [0.2, 0.25) is 0 Å². The van der Waals surface area contributed by atoms with Gasteiger partial charge in [0.25, 0.3) is 0 Å². The van der Waals surface area contributed by atoms with Gasteiger partial charge in [0.1, 0.15) is 5.82 Å². The first kappa shape index (κ1) is 27.9. The molecule has 0 radical (unpaired) electrons. The second kappa shape index (κ2) is 11.3. The van der Waals surface area contributed by atoms with Crippen LogP contribution in [0.2, 0.25) is 0 Å². The predicted molar refractivity (Wildman–Crippen MR) is 136 cm³/mol. The minimum Gasteiger partial charge on any atom is -0.465 e. The van der Waals surface area contributed by atoms with Gasteiger partial charge in [-0.3, -0.25) is 4.68 Å². The first-order chi connectivity index (χ1) is 18.9. The highest BCUT2D eigenvalue weighted by Crippen LogP contribution is 2.40. The largest absolute Gasteiger partial charge is 0.465 e. The second-order valence-electron chi connectivity index (χ2n) is 8.56. The molecular formula is C26H22F4N6O4. The Kier molecular flexibility index (Phi) is 7.88. The number of aromatic nitrogens is 3. The van der Waals surface area contributed by atoms with E-state index in [0.29, 0.717) is 11.6 Å². The Morgan fingerprint density at radius 3 is 2.33 bits per heavy atom. The second-order valence-corrected chi connectivity index (χ2v) is 8.56. The monoisotopic (exact) mass is 558 g/mol. The summed E-state index contributed by atoms with van der Waals surface area (Å²) in [5.74, 6) is -1.17. The molecule has 2 amide bonds. The molecule has 40 heavy (non-hydrogen) atoms. The number of amides is 2. The minimum absolute atomic E-state index is 0.0110. The van der Waals surface area contributed by atoms with Crippen LogP contribution in [0.4, 0.5) is 38.5 Å². The van der Waals surface area contributed by atoms with Crippen molar-refractivity contribution in [1.82, 2.24) is 25.4 Å². The molecule has 0 aliphatic carbocycles. The van der Waals surface area contributed by atoms with Crippen molar-refractivity contribution in [2.45, 2.75) is 12.2 Å². The molecule has 0 spiro atoms. The molecule has 1 unspecified atom stereocenters. The maximum Gasteiger partial charge on any atom is 0.417 e. The maximum atomic E-state index is 15.1. The number of hydrogen-bond acceptors (Lipinski definition) is 5. The molecule has 2 aromatic carbocycles. The quantitative estimate of drug-likeness (QED) is 0.177. The van der Waals surface area contributed by atoms with E-state index in [9.17, 15) is 27.9 Å². The highest BCUT2D eigenvalue weighted by Gasteiger charge is 2.35. The third-order valence-corrected chi connectivity index (χ3v) is 5.75. The van der Waals surface area contributed by atoms with Crippen molar-refractivity contribution in [3.63, 3.8) is 0 Å². The average molecular weight is 558 g/mol. The zero-order valence-corrected chi connectivity index (χ0v) is 20.7. The van der Waals surface area contributed by atoms with Crippen LogP contribution in [0.25, 0.3) is 22.5 Å². The Hall–Kier alpha value is -5.14. The van der Waals surface area contributed by atoms with Crippen molar-refractivity contribution < 1.29 is 37.4 Å². The normalized spacial score (nSPS) is 12.0. The maximum absolute atomic E-state index is 15.1. The van der Waals surface area contributed by atoms with Gasteiger partial charge < -0.3 is 26.2 Å². The van der Waals surface area contributed by atoms with Crippen molar-refractivity contribution in [2.75, 3.05) is 11.9 Å². The van der Waals surface area contributed by atoms with E-state index in [1.807, 2.05) is 0 Å². The summed E-state index contributed by atoms with van der Waals surface area (Å²) in [6.45, 7) is -0.337. The van der Waals surface area contributed by atoms with Crippen molar-refractivity contribution in [2.24, 2.45) is 7.05 Å². The number of carboxylic acid groups (broad SMARTS) is 2. The van der Waals surface area contributed by atoms with E-state index < -0.39 is 35.8 Å². The zero-order chi connectivity index (χ0) is 29.0. The lowest BCUT2D eigenvalue weighted by Crippen LogP contribution is -2.37. The highest BCUT2D eigenvalue weighted by molar-refractivity contribution is 5.80. The van der Waals surface area contributed by atoms with Crippen molar-refractivity contribution >= 4 is 23.6 Å². The molecule has 0 aliphatic rings. The van der Waals surface area contributed by atoms with Gasteiger partial charge >= 0.3 is 18.4 Å². The third kappa shape index (κ3) is 6.46. The van der Waals surface area contributed by atoms with Gasteiger partial charge in [-0.15, -0.1) is 0 Å². The molecular weight excluding hydrogens is 536 g/mol. The van der Waals surface area contributed by atoms with Crippen LogP contribution in [0.15, 0.2) is 66.9 Å². The number of halogens is 4. The Morgan fingerprint density at radius 2 is 1.73 bits per heavy atom. The molecule has 4 rings (SSSR count). The van der Waals surface area contributed by atoms with Crippen LogP contribution >= 0.6 is 0 Å². The van der Waals surface area contributed by atoms with E-state index in [1.54, 1.807) is 30.3 Å². The number of anilines is 2. The lowest BCUT2D eigenvalue weighted by Gasteiger charge is -2.20. The number of pyridine rings is 1. The predicted octanol–water partition coefficient (Wildman–Crippen LogP) is 5.63. The number of alkyl halides is 3. The molecule has 10 nitrogen and oxygen atoms in total. The Balaban J connectivity index is 1.81. The number of nitrogens with one attached hydrogen (secondary N) is 3. The fourth-order valence-electron chi connectivity index (χ4n) is 3.97. The van der Waals surface area contributed by atoms with E-state index in [2.05, 4.69) is 26.0 Å². The van der Waals surface area contributed by atoms with Crippen LogP contribution in [0, 0.1) is 5.82 Å². The summed E-state index contributed by atoms with van der Waals surface area (Å²) in [5.41, 5.74) is -0.763. The molecule has 4 aromatic rings. The first-order valence-corrected chi connectivity index (χ1v) is 11.6. The molecule has 0 saturated heterocycles. The number of aryl methyl sites for hydroxylation is 1. The summed E-state index contributed by atoms with van der Waals surface area (Å²) >= 11 is 0. The Morgan fingerprint density at radius 1 is 1.00 bits per heavy atom. The Bertz CT molecular complexity index is 1540. The van der Waals surface area contributed by atoms with Crippen LogP contribution in [-0.4, -0.2) is 43.7 Å². The Labute approximate surface area is 224 Å². The van der Waals surface area contributed by atoms with E-state index in [4.69, 9.17) is 5.11 Å². The number of nitrogens with zero attached hydrogens (tertiary/aromatic N) is 3. The number of hydrogen-bond donors (Lipinski definition) is 5. The summed E-state index contributed by atoms with van der Waals surface area (Å²) < 4.78 is 57.7. The van der Waals surface area contributed by atoms with Gasteiger partial charge in [-0.05, 0) is 30.3 Å². The lowest BCUT2D eigenvalue weighted by molar-refractivity contribution is -0.137. The molecule has 0 saturated carbocycles. The van der Waals surface area contributed by atoms with Crippen LogP contribution in [-0.2, 0) is 13.2 Å². The molecule has 208 valence electrons. The molecule has 2 heterocycles. The minimum atomic E-state index is -4.85. The van der Waals surface area contributed by atoms with Gasteiger partial charge in [0, 0.05) is 30.9 Å². The van der Waals surface area contributed by atoms with Crippen molar-refractivity contribution in [3.8, 4) is 22.5 Å². The summed E-state index contributed by atoms with van der Waals surface area (Å²) in [7, 11) is 1.54. The fourth-order valence-corrected chi connectivity index (χ4v) is 3.97. The van der Waals surface area contributed by atoms with Crippen LogP contribution in [0.3, 0.4) is 0 Å². The van der Waals surface area contributed by atoms with E-state index in [-0.39, 0.29) is 40.6 Å². The van der Waals surface area contributed by atoms with E-state index >= 15 is 4.39 Å². The average Bonchev–Trinajstić information content (AvgIpc) is 3.33. The van der Waals surface area contributed by atoms with E-state index in [0.717, 1.165) is 6.07 Å². The summed E-state index contributed by atoms with van der Waals surface area (Å²) in [6, 6.07) is 13.0. The van der Waals surface area contributed by atoms with Crippen LogP contribution in [0.5, 0.6) is 0 Å². The van der Waals surface area contributed by atoms with Gasteiger partial charge in [-0.1, -0.05) is 30.3 Å². The lowest BCUT2D eigenvalue weighted by atomic mass is 10.0. The fraction of sp³-hybridized carbons (Fsp3) is 0.154. The SMILES string of the molecule is Cn1ccc(-c2cc(Nc3ccc(C(CNC(=O)O)NC(=O)O)nc3-c3ccccc3)c(F)cc2C(F)(F)F)n1. The molecule has 2 aromatic heterocycles. The van der Waals surface area contributed by atoms with Crippen LogP contribution < -0.4 is 16.0 Å². The topological polar surface area (TPSA) is 141 Å². The highest BCUT2D eigenvalue weighted by atomic mass is 19.4.